The molecule has 0 saturated carbocycles. The van der Waals surface area contributed by atoms with Crippen molar-refractivity contribution in [2.75, 3.05) is 26.2 Å². The van der Waals surface area contributed by atoms with Crippen LogP contribution in [-0.2, 0) is 14.3 Å². The van der Waals surface area contributed by atoms with Gasteiger partial charge in [0.05, 0.1) is 6.54 Å². The summed E-state index contributed by atoms with van der Waals surface area (Å²) in [6.07, 6.45) is -0.258. The molecule has 0 aromatic heterocycles. The maximum atomic E-state index is 12.4. The van der Waals surface area contributed by atoms with E-state index in [1.165, 1.54) is 4.90 Å². The molecule has 1 aliphatic carbocycles. The molecule has 8 nitrogen and oxygen atoms in total. The number of hydrogen-bond donors (Lipinski definition) is 3. The van der Waals surface area contributed by atoms with Crippen molar-refractivity contribution in [2.45, 2.75) is 24.4 Å². The van der Waals surface area contributed by atoms with Crippen LogP contribution in [0.15, 0.2) is 48.5 Å². The van der Waals surface area contributed by atoms with Crippen LogP contribution < -0.4 is 5.32 Å². The fourth-order valence-corrected chi connectivity index (χ4v) is 4.33. The standard InChI is InChI=1S/C23H24N2O6/c26-20(25-11-5-10-23(30,14-25)21(27)28)12-24-22(29)31-13-19-17-8-3-1-6-15(17)16-7-2-4-9-18(16)19/h1-4,6-9,19,30H,5,10-14H2,(H,24,29)(H,27,28). The molecular formula is C23H24N2O6. The Kier molecular flexibility index (Phi) is 5.65. The number of hydrogen-bond acceptors (Lipinski definition) is 5. The number of alkyl carbamates (subject to hydrolysis) is 1. The minimum Gasteiger partial charge on any atom is -0.479 e. The zero-order chi connectivity index (χ0) is 22.0. The van der Waals surface area contributed by atoms with Crippen LogP contribution in [0.1, 0.15) is 29.9 Å². The minimum absolute atomic E-state index is 0.0819. The van der Waals surface area contributed by atoms with E-state index >= 15 is 0 Å². The first-order chi connectivity index (χ1) is 14.9. The summed E-state index contributed by atoms with van der Waals surface area (Å²) in [5.41, 5.74) is 2.48. The quantitative estimate of drug-likeness (QED) is 0.676. The molecule has 3 N–H and O–H groups in total. The molecule has 4 rings (SSSR count). The lowest BCUT2D eigenvalue weighted by Gasteiger charge is -2.36. The van der Waals surface area contributed by atoms with E-state index in [2.05, 4.69) is 5.32 Å². The number of aliphatic hydroxyl groups is 1. The monoisotopic (exact) mass is 424 g/mol. The van der Waals surface area contributed by atoms with Gasteiger partial charge in [-0.3, -0.25) is 4.79 Å². The summed E-state index contributed by atoms with van der Waals surface area (Å²) in [5, 5.41) is 21.7. The summed E-state index contributed by atoms with van der Waals surface area (Å²) in [5.74, 6) is -1.90. The summed E-state index contributed by atoms with van der Waals surface area (Å²) < 4.78 is 5.39. The molecule has 1 fully saturated rings. The number of carbonyl (C=O) groups excluding carboxylic acids is 2. The molecule has 2 amide bonds. The average Bonchev–Trinajstić information content (AvgIpc) is 3.10. The highest BCUT2D eigenvalue weighted by atomic mass is 16.5. The van der Waals surface area contributed by atoms with Gasteiger partial charge in [0.25, 0.3) is 0 Å². The third-order valence-electron chi connectivity index (χ3n) is 5.95. The number of aliphatic carboxylic acids is 1. The molecule has 1 unspecified atom stereocenters. The van der Waals surface area contributed by atoms with E-state index in [-0.39, 0.29) is 32.0 Å². The van der Waals surface area contributed by atoms with Crippen LogP contribution in [0.3, 0.4) is 0 Å². The second-order valence-corrected chi connectivity index (χ2v) is 7.93. The maximum Gasteiger partial charge on any atom is 0.407 e. The summed E-state index contributed by atoms with van der Waals surface area (Å²) in [7, 11) is 0. The zero-order valence-electron chi connectivity index (χ0n) is 16.9. The second kappa shape index (κ2) is 8.39. The Balaban J connectivity index is 1.32. The normalized spacial score (nSPS) is 20.0. The van der Waals surface area contributed by atoms with Crippen LogP contribution >= 0.6 is 0 Å². The van der Waals surface area contributed by atoms with Crippen molar-refractivity contribution in [3.8, 4) is 11.1 Å². The van der Waals surface area contributed by atoms with Crippen molar-refractivity contribution in [3.63, 3.8) is 0 Å². The number of carboxylic acid groups (broad SMARTS) is 1. The molecule has 1 aliphatic heterocycles. The number of amides is 2. The third kappa shape index (κ3) is 4.11. The molecule has 2 aliphatic rings. The number of carbonyl (C=O) groups is 3. The number of β-amino-alcohol motifs (C(OH)–C–C–N with tert-alkyl or cyclic N) is 1. The molecule has 8 heteroatoms. The summed E-state index contributed by atoms with van der Waals surface area (Å²) in [6.45, 7) is -0.156. The topological polar surface area (TPSA) is 116 Å². The van der Waals surface area contributed by atoms with E-state index in [9.17, 15) is 19.5 Å². The Morgan fingerprint density at radius 2 is 1.68 bits per heavy atom. The molecular weight excluding hydrogens is 400 g/mol. The molecule has 162 valence electrons. The van der Waals surface area contributed by atoms with Crippen LogP contribution in [0.2, 0.25) is 0 Å². The van der Waals surface area contributed by atoms with E-state index in [1.807, 2.05) is 48.5 Å². The highest BCUT2D eigenvalue weighted by molar-refractivity contribution is 5.84. The number of rotatable bonds is 5. The lowest BCUT2D eigenvalue weighted by molar-refractivity contribution is -0.166. The van der Waals surface area contributed by atoms with Gasteiger partial charge in [-0.1, -0.05) is 48.5 Å². The average molecular weight is 424 g/mol. The number of piperidine rings is 1. The number of benzene rings is 2. The van der Waals surface area contributed by atoms with E-state index in [1.54, 1.807) is 0 Å². The van der Waals surface area contributed by atoms with Gasteiger partial charge in [0, 0.05) is 12.5 Å². The first-order valence-electron chi connectivity index (χ1n) is 10.2. The van der Waals surface area contributed by atoms with Gasteiger partial charge in [0.1, 0.15) is 13.2 Å². The summed E-state index contributed by atoms with van der Waals surface area (Å²) >= 11 is 0. The SMILES string of the molecule is O=C(NCC(=O)N1CCCC(O)(C(=O)O)C1)OCC1c2ccccc2-c2ccccc21. The zero-order valence-corrected chi connectivity index (χ0v) is 16.9. The number of likely N-dealkylation sites (tertiary alicyclic amines) is 1. The van der Waals surface area contributed by atoms with E-state index in [0.717, 1.165) is 22.3 Å². The van der Waals surface area contributed by atoms with Gasteiger partial charge in [-0.05, 0) is 35.1 Å². The largest absolute Gasteiger partial charge is 0.479 e. The van der Waals surface area contributed by atoms with Crippen molar-refractivity contribution >= 4 is 18.0 Å². The highest BCUT2D eigenvalue weighted by Crippen LogP contribution is 2.44. The number of carboxylic acids is 1. The van der Waals surface area contributed by atoms with Crippen LogP contribution in [0, 0.1) is 0 Å². The van der Waals surface area contributed by atoms with Crippen molar-refractivity contribution < 1.29 is 29.3 Å². The Labute approximate surface area is 179 Å². The maximum absolute atomic E-state index is 12.4. The number of nitrogens with zero attached hydrogens (tertiary/aromatic N) is 1. The molecule has 1 heterocycles. The third-order valence-corrected chi connectivity index (χ3v) is 5.95. The van der Waals surface area contributed by atoms with Gasteiger partial charge in [-0.2, -0.15) is 0 Å². The Hall–Kier alpha value is -3.39. The minimum atomic E-state index is -1.95. The molecule has 0 spiro atoms. The van der Waals surface area contributed by atoms with Crippen molar-refractivity contribution in [3.05, 3.63) is 59.7 Å². The molecule has 2 aromatic carbocycles. The lowest BCUT2D eigenvalue weighted by Crippen LogP contribution is -2.56. The van der Waals surface area contributed by atoms with Crippen LogP contribution in [0.25, 0.3) is 11.1 Å². The molecule has 2 aromatic rings. The molecule has 31 heavy (non-hydrogen) atoms. The van der Waals surface area contributed by atoms with Crippen molar-refractivity contribution in [1.29, 1.82) is 0 Å². The summed E-state index contributed by atoms with van der Waals surface area (Å²) in [4.78, 5) is 37.0. The first kappa shape index (κ1) is 20.9. The van der Waals surface area contributed by atoms with Gasteiger partial charge in [0.2, 0.25) is 5.91 Å². The van der Waals surface area contributed by atoms with Gasteiger partial charge in [-0.15, -0.1) is 0 Å². The number of ether oxygens (including phenoxy) is 1. The molecule has 1 saturated heterocycles. The van der Waals surface area contributed by atoms with E-state index < -0.39 is 23.6 Å². The predicted octanol–water partition coefficient (Wildman–Crippen LogP) is 1.96. The van der Waals surface area contributed by atoms with Crippen molar-refractivity contribution in [2.24, 2.45) is 0 Å². The van der Waals surface area contributed by atoms with Gasteiger partial charge in [0.15, 0.2) is 5.60 Å². The van der Waals surface area contributed by atoms with Gasteiger partial charge < -0.3 is 25.2 Å². The Morgan fingerprint density at radius 1 is 1.06 bits per heavy atom. The number of fused-ring (bicyclic) bond motifs is 3. The number of nitrogens with one attached hydrogen (secondary N) is 1. The smallest absolute Gasteiger partial charge is 0.407 e. The second-order valence-electron chi connectivity index (χ2n) is 7.93. The van der Waals surface area contributed by atoms with Crippen molar-refractivity contribution in [1.82, 2.24) is 10.2 Å². The van der Waals surface area contributed by atoms with Gasteiger partial charge in [-0.25, -0.2) is 9.59 Å². The van der Waals surface area contributed by atoms with E-state index in [4.69, 9.17) is 9.84 Å². The molecule has 0 bridgehead atoms. The Morgan fingerprint density at radius 3 is 2.29 bits per heavy atom. The fraction of sp³-hybridized carbons (Fsp3) is 0.348. The highest BCUT2D eigenvalue weighted by Gasteiger charge is 2.41. The lowest BCUT2D eigenvalue weighted by atomic mass is 9.93. The fourth-order valence-electron chi connectivity index (χ4n) is 4.33. The molecule has 1 atom stereocenters. The van der Waals surface area contributed by atoms with Gasteiger partial charge >= 0.3 is 12.1 Å². The first-order valence-corrected chi connectivity index (χ1v) is 10.2. The van der Waals surface area contributed by atoms with E-state index in [0.29, 0.717) is 13.0 Å². The van der Waals surface area contributed by atoms with Crippen LogP contribution in [0.5, 0.6) is 0 Å². The summed E-state index contributed by atoms with van der Waals surface area (Å²) in [6, 6.07) is 16.0. The molecule has 0 radical (unpaired) electrons. The predicted molar refractivity (Wildman–Crippen MR) is 111 cm³/mol. The van der Waals surface area contributed by atoms with Crippen LogP contribution in [-0.4, -0.2) is 64.9 Å². The van der Waals surface area contributed by atoms with Crippen LogP contribution in [0.4, 0.5) is 4.79 Å². The Bertz CT molecular complexity index is 977.